The predicted octanol–water partition coefficient (Wildman–Crippen LogP) is 3.89. The number of likely N-dealkylation sites (N-methyl/N-ethyl adjacent to an activating group) is 1. The zero-order chi connectivity index (χ0) is 28.3. The number of fused-ring (bicyclic) bond motifs is 1. The van der Waals surface area contributed by atoms with Gasteiger partial charge in [-0.25, -0.2) is 0 Å². The maximum absolute atomic E-state index is 13.0. The molecule has 9 nitrogen and oxygen atoms in total. The molecule has 0 spiro atoms. The molecule has 0 saturated heterocycles. The molecule has 1 saturated carbocycles. The largest absolute Gasteiger partial charge is 0.493 e. The predicted molar refractivity (Wildman–Crippen MR) is 156 cm³/mol. The number of amides is 2. The average Bonchev–Trinajstić information content (AvgIpc) is 3.59. The lowest BCUT2D eigenvalue weighted by Gasteiger charge is -2.17. The second-order valence-corrected chi connectivity index (χ2v) is 10.5. The quantitative estimate of drug-likeness (QED) is 0.247. The van der Waals surface area contributed by atoms with E-state index in [-0.39, 0.29) is 11.8 Å². The molecule has 0 unspecified atom stereocenters. The number of rotatable bonds is 8. The van der Waals surface area contributed by atoms with Gasteiger partial charge < -0.3 is 30.6 Å². The molecule has 1 aliphatic heterocycles. The van der Waals surface area contributed by atoms with Gasteiger partial charge in [0.15, 0.2) is 5.75 Å². The molecule has 1 fully saturated rings. The van der Waals surface area contributed by atoms with E-state index in [2.05, 4.69) is 37.8 Å². The number of nitrogens with zero attached hydrogens (tertiary/aromatic N) is 2. The van der Waals surface area contributed by atoms with Crippen LogP contribution in [0.3, 0.4) is 0 Å². The second-order valence-electron chi connectivity index (χ2n) is 10.1. The minimum atomic E-state index is -0.559. The number of hydrogen-bond donors (Lipinski definition) is 4. The van der Waals surface area contributed by atoms with Crippen LogP contribution in [0.4, 0.5) is 11.4 Å². The number of nitrogens with one attached hydrogen (secondary N) is 4. The molecular formula is C30H31ClN6O3. The summed E-state index contributed by atoms with van der Waals surface area (Å²) in [6.07, 6.45) is 8.97. The van der Waals surface area contributed by atoms with E-state index in [4.69, 9.17) is 16.3 Å². The highest BCUT2D eigenvalue weighted by Crippen LogP contribution is 2.41. The molecule has 3 heterocycles. The summed E-state index contributed by atoms with van der Waals surface area (Å²) in [6, 6.07) is 7.26. The van der Waals surface area contributed by atoms with E-state index in [9.17, 15) is 9.59 Å². The first-order valence-corrected chi connectivity index (χ1v) is 13.4. The van der Waals surface area contributed by atoms with Gasteiger partial charge in [0.05, 0.1) is 40.3 Å². The number of H-pyrrole nitrogens is 1. The summed E-state index contributed by atoms with van der Waals surface area (Å²) in [6.45, 7) is 1.22. The number of methoxy groups -OCH3 is 1. The lowest BCUT2D eigenvalue weighted by molar-refractivity contribution is -0.117. The summed E-state index contributed by atoms with van der Waals surface area (Å²) in [4.78, 5) is 35.2. The van der Waals surface area contributed by atoms with Crippen molar-refractivity contribution < 1.29 is 14.3 Å². The number of benzene rings is 1. The molecule has 1 aromatic carbocycles. The Morgan fingerprint density at radius 2 is 2.12 bits per heavy atom. The molecule has 5 rings (SSSR count). The maximum atomic E-state index is 13.0. The van der Waals surface area contributed by atoms with Crippen molar-refractivity contribution in [1.29, 1.82) is 0 Å². The van der Waals surface area contributed by atoms with Crippen LogP contribution in [0.2, 0.25) is 5.02 Å². The number of aromatic amines is 1. The molecule has 40 heavy (non-hydrogen) atoms. The average molecular weight is 559 g/mol. The monoisotopic (exact) mass is 558 g/mol. The van der Waals surface area contributed by atoms with Crippen LogP contribution < -0.4 is 20.7 Å². The Kier molecular flexibility index (Phi) is 7.83. The maximum Gasteiger partial charge on any atom is 0.255 e. The molecule has 0 bridgehead atoms. The molecular weight excluding hydrogens is 528 g/mol. The van der Waals surface area contributed by atoms with Gasteiger partial charge in [0, 0.05) is 49.2 Å². The van der Waals surface area contributed by atoms with Gasteiger partial charge in [-0.15, -0.1) is 0 Å². The summed E-state index contributed by atoms with van der Waals surface area (Å²) in [7, 11) is 5.44. The SMILES string of the molecule is COc1c(Cl)cccc1Nc1c(-c2ccncc2C#CC2(NC(=O)/C=C/CN(C)C)CC2)[nH]c2c1C(=O)NCC2. The van der Waals surface area contributed by atoms with Crippen LogP contribution in [-0.4, -0.2) is 66.5 Å². The Morgan fingerprint density at radius 3 is 2.88 bits per heavy atom. The summed E-state index contributed by atoms with van der Waals surface area (Å²) >= 11 is 6.38. The van der Waals surface area contributed by atoms with Crippen molar-refractivity contribution >= 4 is 34.8 Å². The van der Waals surface area contributed by atoms with Gasteiger partial charge in [-0.1, -0.05) is 35.6 Å². The highest BCUT2D eigenvalue weighted by Gasteiger charge is 2.42. The molecule has 0 radical (unpaired) electrons. The molecule has 2 aromatic heterocycles. The van der Waals surface area contributed by atoms with Crippen molar-refractivity contribution in [2.24, 2.45) is 0 Å². The summed E-state index contributed by atoms with van der Waals surface area (Å²) in [5, 5.41) is 9.82. The highest BCUT2D eigenvalue weighted by molar-refractivity contribution is 6.32. The normalized spacial score (nSPS) is 15.2. The van der Waals surface area contributed by atoms with Gasteiger partial charge in [-0.3, -0.25) is 14.6 Å². The van der Waals surface area contributed by atoms with Crippen molar-refractivity contribution in [3.05, 3.63) is 70.7 Å². The number of ether oxygens (including phenoxy) is 1. The standard InChI is InChI=1S/C30H31ClN6O3/c1-37(2)17-5-8-24(38)36-30(13-14-30)12-9-19-18-32-15-10-20(19)26-27(25-22(34-26)11-16-33-29(25)39)35-23-7-4-6-21(31)28(23)40-3/h4-8,10,15,18,34-35H,11,13-14,16-17H2,1-3H3,(H,33,39)(H,36,38)/b8-5+. The van der Waals surface area contributed by atoms with Gasteiger partial charge in [0.1, 0.15) is 5.54 Å². The van der Waals surface area contributed by atoms with E-state index in [0.29, 0.717) is 58.5 Å². The van der Waals surface area contributed by atoms with E-state index < -0.39 is 5.54 Å². The van der Waals surface area contributed by atoms with Crippen molar-refractivity contribution in [3.63, 3.8) is 0 Å². The first kappa shape index (κ1) is 27.3. The number of carbonyl (C=O) groups excluding carboxylic acids is 2. The number of carbonyl (C=O) groups is 2. The van der Waals surface area contributed by atoms with E-state index in [1.54, 1.807) is 31.6 Å². The molecule has 2 amide bonds. The Bertz CT molecular complexity index is 1540. The van der Waals surface area contributed by atoms with Gasteiger partial charge in [-0.2, -0.15) is 0 Å². The van der Waals surface area contributed by atoms with Gasteiger partial charge in [0.25, 0.3) is 5.91 Å². The Hall–Kier alpha value is -4.26. The van der Waals surface area contributed by atoms with Crippen molar-refractivity contribution in [3.8, 4) is 28.8 Å². The van der Waals surface area contributed by atoms with E-state index >= 15 is 0 Å². The molecule has 3 aromatic rings. The van der Waals surface area contributed by atoms with Crippen molar-refractivity contribution in [2.45, 2.75) is 24.8 Å². The van der Waals surface area contributed by atoms with Gasteiger partial charge in [-0.05, 0) is 45.1 Å². The van der Waals surface area contributed by atoms with Gasteiger partial charge in [0.2, 0.25) is 5.91 Å². The molecule has 206 valence electrons. The summed E-state index contributed by atoms with van der Waals surface area (Å²) in [5.74, 6) is 6.67. The van der Waals surface area contributed by atoms with E-state index in [1.807, 2.05) is 43.3 Å². The number of hydrogen-bond acceptors (Lipinski definition) is 6. The van der Waals surface area contributed by atoms with Crippen LogP contribution >= 0.6 is 11.6 Å². The third kappa shape index (κ3) is 5.83. The zero-order valence-electron chi connectivity index (χ0n) is 22.7. The minimum Gasteiger partial charge on any atom is -0.493 e. The van der Waals surface area contributed by atoms with Crippen molar-refractivity contribution in [2.75, 3.05) is 39.6 Å². The van der Waals surface area contributed by atoms with E-state index in [0.717, 1.165) is 24.1 Å². The fourth-order valence-corrected chi connectivity index (χ4v) is 4.86. The Morgan fingerprint density at radius 1 is 1.30 bits per heavy atom. The molecule has 4 N–H and O–H groups in total. The number of aromatic nitrogens is 2. The van der Waals surface area contributed by atoms with Crippen LogP contribution in [0.1, 0.15) is 34.5 Å². The van der Waals surface area contributed by atoms with Crippen LogP contribution in [0, 0.1) is 11.8 Å². The number of para-hydroxylation sites is 1. The molecule has 10 heteroatoms. The molecule has 1 aliphatic carbocycles. The minimum absolute atomic E-state index is 0.162. The van der Waals surface area contributed by atoms with Crippen LogP contribution in [0.25, 0.3) is 11.3 Å². The Balaban J connectivity index is 1.51. The summed E-state index contributed by atoms with van der Waals surface area (Å²) in [5.41, 5.74) is 4.19. The van der Waals surface area contributed by atoms with E-state index in [1.165, 1.54) is 0 Å². The third-order valence-corrected chi connectivity index (χ3v) is 7.07. The lowest BCUT2D eigenvalue weighted by atomic mass is 10.0. The van der Waals surface area contributed by atoms with Gasteiger partial charge >= 0.3 is 0 Å². The molecule has 2 aliphatic rings. The third-order valence-electron chi connectivity index (χ3n) is 6.78. The zero-order valence-corrected chi connectivity index (χ0v) is 23.4. The van der Waals surface area contributed by atoms with Crippen LogP contribution in [-0.2, 0) is 11.2 Å². The molecule has 0 atom stereocenters. The second kappa shape index (κ2) is 11.5. The lowest BCUT2D eigenvalue weighted by Crippen LogP contribution is -2.34. The first-order valence-electron chi connectivity index (χ1n) is 13.0. The smallest absolute Gasteiger partial charge is 0.255 e. The fraction of sp³-hybridized carbons (Fsp3) is 0.300. The number of halogens is 1. The van der Waals surface area contributed by atoms with Crippen molar-refractivity contribution in [1.82, 2.24) is 25.5 Å². The number of pyridine rings is 1. The van der Waals surface area contributed by atoms with Crippen LogP contribution in [0.5, 0.6) is 5.75 Å². The first-order chi connectivity index (χ1) is 19.3. The number of anilines is 2. The highest BCUT2D eigenvalue weighted by atomic mass is 35.5. The topological polar surface area (TPSA) is 111 Å². The Labute approximate surface area is 238 Å². The van der Waals surface area contributed by atoms with Crippen LogP contribution in [0.15, 0.2) is 48.8 Å². The fourth-order valence-electron chi connectivity index (χ4n) is 4.61. The summed E-state index contributed by atoms with van der Waals surface area (Å²) < 4.78 is 5.54.